The predicted molar refractivity (Wildman–Crippen MR) is 83.8 cm³/mol. The van der Waals surface area contributed by atoms with Crippen molar-refractivity contribution in [2.24, 2.45) is 0 Å². The minimum Gasteiger partial charge on any atom is -0.350 e. The van der Waals surface area contributed by atoms with E-state index >= 15 is 0 Å². The Morgan fingerprint density at radius 3 is 2.45 bits per heavy atom. The molecular weight excluding hydrogens is 306 g/mol. The molecule has 0 saturated carbocycles. The summed E-state index contributed by atoms with van der Waals surface area (Å²) in [4.78, 5) is 10.6. The molecule has 0 amide bonds. The Morgan fingerprint density at radius 2 is 1.82 bits per heavy atom. The van der Waals surface area contributed by atoms with Gasteiger partial charge in [-0.2, -0.15) is 0 Å². The van der Waals surface area contributed by atoms with Gasteiger partial charge in [-0.05, 0) is 37.7 Å². The van der Waals surface area contributed by atoms with E-state index in [2.05, 4.69) is 10.0 Å². The molecule has 0 aliphatic rings. The van der Waals surface area contributed by atoms with Crippen molar-refractivity contribution >= 4 is 27.1 Å². The summed E-state index contributed by atoms with van der Waals surface area (Å²) in [5.74, 6) is 0. The number of nitro groups is 1. The summed E-state index contributed by atoms with van der Waals surface area (Å²) in [6, 6.07) is 10.9. The molecule has 0 spiro atoms. The third-order valence-electron chi connectivity index (χ3n) is 3.13. The van der Waals surface area contributed by atoms with Crippen molar-refractivity contribution in [3.8, 4) is 0 Å². The van der Waals surface area contributed by atoms with Gasteiger partial charge in [-0.3, -0.25) is 10.1 Å². The number of sulfonamides is 1. The topological polar surface area (TPSA) is 101 Å². The number of benzene rings is 2. The molecule has 0 fully saturated rings. The zero-order valence-corrected chi connectivity index (χ0v) is 12.8. The molecule has 2 N–H and O–H groups in total. The molecule has 7 nitrogen and oxygen atoms in total. The second-order valence-electron chi connectivity index (χ2n) is 4.59. The van der Waals surface area contributed by atoms with Crippen LogP contribution in [0.3, 0.4) is 0 Å². The molecule has 0 saturated heterocycles. The highest BCUT2D eigenvalue weighted by Gasteiger charge is 2.17. The molecule has 2 aromatic rings. The van der Waals surface area contributed by atoms with Crippen LogP contribution in [0.25, 0.3) is 0 Å². The number of para-hydroxylation sites is 2. The smallest absolute Gasteiger partial charge is 0.292 e. The van der Waals surface area contributed by atoms with Crippen LogP contribution in [0.1, 0.15) is 5.56 Å². The Balaban J connectivity index is 2.44. The van der Waals surface area contributed by atoms with Crippen LogP contribution < -0.4 is 10.0 Å². The van der Waals surface area contributed by atoms with Crippen molar-refractivity contribution in [1.82, 2.24) is 4.72 Å². The Hall–Kier alpha value is -2.45. The van der Waals surface area contributed by atoms with Crippen LogP contribution in [-0.4, -0.2) is 20.4 Å². The minimum absolute atomic E-state index is 0.0823. The number of nitrogens with one attached hydrogen (secondary N) is 2. The first kappa shape index (κ1) is 15.9. The molecule has 0 aliphatic carbocycles. The number of rotatable bonds is 5. The van der Waals surface area contributed by atoms with Crippen LogP contribution in [0, 0.1) is 17.0 Å². The van der Waals surface area contributed by atoms with Gasteiger partial charge in [0.25, 0.3) is 5.69 Å². The van der Waals surface area contributed by atoms with Crippen molar-refractivity contribution in [3.05, 3.63) is 58.1 Å². The highest BCUT2D eigenvalue weighted by molar-refractivity contribution is 7.89. The van der Waals surface area contributed by atoms with Crippen molar-refractivity contribution in [1.29, 1.82) is 0 Å². The van der Waals surface area contributed by atoms with Gasteiger partial charge in [0.05, 0.1) is 9.82 Å². The van der Waals surface area contributed by atoms with Gasteiger partial charge in [-0.15, -0.1) is 0 Å². The van der Waals surface area contributed by atoms with Crippen LogP contribution in [0.4, 0.5) is 17.1 Å². The molecule has 22 heavy (non-hydrogen) atoms. The molecule has 0 bridgehead atoms. The molecule has 116 valence electrons. The van der Waals surface area contributed by atoms with Crippen molar-refractivity contribution in [3.63, 3.8) is 0 Å². The maximum atomic E-state index is 12.0. The molecular formula is C14H15N3O4S. The van der Waals surface area contributed by atoms with E-state index < -0.39 is 14.9 Å². The lowest BCUT2D eigenvalue weighted by Gasteiger charge is -2.11. The number of anilines is 2. The normalized spacial score (nSPS) is 11.2. The van der Waals surface area contributed by atoms with Gasteiger partial charge in [-0.25, -0.2) is 13.1 Å². The van der Waals surface area contributed by atoms with Gasteiger partial charge in [0.1, 0.15) is 5.69 Å². The third-order valence-corrected chi connectivity index (χ3v) is 4.68. The predicted octanol–water partition coefficient (Wildman–Crippen LogP) is 2.55. The molecule has 0 aliphatic heterocycles. The highest BCUT2D eigenvalue weighted by atomic mass is 32.2. The van der Waals surface area contributed by atoms with E-state index in [4.69, 9.17) is 0 Å². The molecule has 2 rings (SSSR count). The quantitative estimate of drug-likeness (QED) is 0.651. The molecule has 0 unspecified atom stereocenters. The van der Waals surface area contributed by atoms with Crippen molar-refractivity contribution < 1.29 is 13.3 Å². The zero-order chi connectivity index (χ0) is 16.3. The Kier molecular flexibility index (Phi) is 4.43. The van der Waals surface area contributed by atoms with Crippen LogP contribution in [0.5, 0.6) is 0 Å². The van der Waals surface area contributed by atoms with E-state index in [-0.39, 0.29) is 10.6 Å². The summed E-state index contributed by atoms with van der Waals surface area (Å²) >= 11 is 0. The van der Waals surface area contributed by atoms with Crippen LogP contribution >= 0.6 is 0 Å². The van der Waals surface area contributed by atoms with Gasteiger partial charge in [0.15, 0.2) is 0 Å². The third kappa shape index (κ3) is 3.23. The first-order chi connectivity index (χ1) is 10.3. The van der Waals surface area contributed by atoms with Crippen LogP contribution in [0.15, 0.2) is 47.4 Å². The zero-order valence-electron chi connectivity index (χ0n) is 12.0. The average molecular weight is 321 g/mol. The van der Waals surface area contributed by atoms with Crippen molar-refractivity contribution in [2.75, 3.05) is 12.4 Å². The average Bonchev–Trinajstić information content (AvgIpc) is 2.49. The van der Waals surface area contributed by atoms with Crippen LogP contribution in [0.2, 0.25) is 0 Å². The summed E-state index contributed by atoms with van der Waals surface area (Å²) in [6.07, 6.45) is 0. The van der Waals surface area contributed by atoms with E-state index in [1.54, 1.807) is 37.3 Å². The molecule has 0 heterocycles. The standard InChI is InChI=1S/C14H15N3O4S/c1-10-7-8-11(9-14(10)22(20,21)15-2)16-12-5-3-4-6-13(12)17(18)19/h3-9,15-16H,1-2H3. The van der Waals surface area contributed by atoms with E-state index in [9.17, 15) is 18.5 Å². The fraction of sp³-hybridized carbons (Fsp3) is 0.143. The van der Waals surface area contributed by atoms with Crippen molar-refractivity contribution in [2.45, 2.75) is 11.8 Å². The molecule has 2 aromatic carbocycles. The SMILES string of the molecule is CNS(=O)(=O)c1cc(Nc2ccccc2[N+](=O)[O-])ccc1C. The first-order valence-electron chi connectivity index (χ1n) is 6.40. The maximum Gasteiger partial charge on any atom is 0.292 e. The van der Waals surface area contributed by atoms with Gasteiger partial charge in [0, 0.05) is 11.8 Å². The first-order valence-corrected chi connectivity index (χ1v) is 7.88. The fourth-order valence-corrected chi connectivity index (χ4v) is 2.97. The van der Waals surface area contributed by atoms with E-state index in [0.717, 1.165) is 0 Å². The van der Waals surface area contributed by atoms with Gasteiger partial charge < -0.3 is 5.32 Å². The molecule has 8 heteroatoms. The van der Waals surface area contributed by atoms with E-state index in [0.29, 0.717) is 16.9 Å². The second-order valence-corrected chi connectivity index (χ2v) is 6.44. The largest absolute Gasteiger partial charge is 0.350 e. The molecule has 0 radical (unpaired) electrons. The van der Waals surface area contributed by atoms with Crippen LogP contribution in [-0.2, 0) is 10.0 Å². The lowest BCUT2D eigenvalue weighted by molar-refractivity contribution is -0.383. The summed E-state index contributed by atoms with van der Waals surface area (Å²) in [5, 5.41) is 13.9. The summed E-state index contributed by atoms with van der Waals surface area (Å²) in [7, 11) is -2.26. The number of hydrogen-bond donors (Lipinski definition) is 2. The Bertz CT molecular complexity index is 819. The molecule has 0 aromatic heterocycles. The summed E-state index contributed by atoms with van der Waals surface area (Å²) < 4.78 is 26.2. The highest BCUT2D eigenvalue weighted by Crippen LogP contribution is 2.28. The minimum atomic E-state index is -3.59. The number of nitro benzene ring substituents is 1. The Morgan fingerprint density at radius 1 is 1.14 bits per heavy atom. The van der Waals surface area contributed by atoms with E-state index in [1.165, 1.54) is 19.2 Å². The van der Waals surface area contributed by atoms with Gasteiger partial charge in [-0.1, -0.05) is 18.2 Å². The number of nitrogens with zero attached hydrogens (tertiary/aromatic N) is 1. The number of aryl methyl sites for hydroxylation is 1. The van der Waals surface area contributed by atoms with E-state index in [1.807, 2.05) is 0 Å². The second kappa shape index (κ2) is 6.12. The Labute approximate surface area is 128 Å². The lowest BCUT2D eigenvalue weighted by Crippen LogP contribution is -2.19. The number of hydrogen-bond acceptors (Lipinski definition) is 5. The summed E-state index contributed by atoms with van der Waals surface area (Å²) in [6.45, 7) is 1.68. The van der Waals surface area contributed by atoms with Gasteiger partial charge >= 0.3 is 0 Å². The lowest BCUT2D eigenvalue weighted by atomic mass is 10.2. The molecule has 0 atom stereocenters. The maximum absolute atomic E-state index is 12.0. The summed E-state index contributed by atoms with van der Waals surface area (Å²) in [5.41, 5.74) is 1.25. The monoisotopic (exact) mass is 321 g/mol. The fourth-order valence-electron chi connectivity index (χ4n) is 1.97. The van der Waals surface area contributed by atoms with Gasteiger partial charge in [0.2, 0.25) is 10.0 Å².